The largest absolute Gasteiger partial charge is 0.496 e. The Balaban J connectivity index is 2.61. The van der Waals surface area contributed by atoms with Gasteiger partial charge in [0, 0.05) is 11.0 Å². The number of carbonyl (C=O) groups is 1. The summed E-state index contributed by atoms with van der Waals surface area (Å²) < 4.78 is 6.30. The van der Waals surface area contributed by atoms with Gasteiger partial charge in [-0.15, -0.1) is 0 Å². The van der Waals surface area contributed by atoms with Crippen molar-refractivity contribution in [3.05, 3.63) is 28.2 Å². The lowest BCUT2D eigenvalue weighted by Crippen LogP contribution is -2.32. The van der Waals surface area contributed by atoms with Gasteiger partial charge in [0.05, 0.1) is 13.7 Å². The SMILES string of the molecule is COc1ccc(Br)cc1CCN(C)CC(N)=O. The maximum absolute atomic E-state index is 10.7. The van der Waals surface area contributed by atoms with E-state index < -0.39 is 0 Å². The molecular formula is C12H17BrN2O2. The van der Waals surface area contributed by atoms with Crippen molar-refractivity contribution in [3.63, 3.8) is 0 Å². The summed E-state index contributed by atoms with van der Waals surface area (Å²) in [6.07, 6.45) is 0.812. The highest BCUT2D eigenvalue weighted by Crippen LogP contribution is 2.23. The first-order valence-corrected chi connectivity index (χ1v) is 6.11. The molecule has 0 aliphatic heterocycles. The van der Waals surface area contributed by atoms with Crippen molar-refractivity contribution in [1.82, 2.24) is 4.90 Å². The molecule has 94 valence electrons. The number of hydrogen-bond acceptors (Lipinski definition) is 3. The lowest BCUT2D eigenvalue weighted by atomic mass is 10.1. The second-order valence-corrected chi connectivity index (χ2v) is 4.83. The molecule has 0 unspecified atom stereocenters. The second-order valence-electron chi connectivity index (χ2n) is 3.91. The lowest BCUT2D eigenvalue weighted by Gasteiger charge is -2.15. The monoisotopic (exact) mass is 300 g/mol. The summed E-state index contributed by atoms with van der Waals surface area (Å²) in [5.41, 5.74) is 6.24. The van der Waals surface area contributed by atoms with Crippen LogP contribution in [-0.2, 0) is 11.2 Å². The third-order valence-corrected chi connectivity index (χ3v) is 2.92. The zero-order valence-electron chi connectivity index (χ0n) is 10.1. The highest BCUT2D eigenvalue weighted by atomic mass is 79.9. The highest BCUT2D eigenvalue weighted by molar-refractivity contribution is 9.10. The Morgan fingerprint density at radius 2 is 2.24 bits per heavy atom. The third-order valence-electron chi connectivity index (χ3n) is 2.43. The fourth-order valence-corrected chi connectivity index (χ4v) is 2.01. The number of benzene rings is 1. The van der Waals surface area contributed by atoms with Crippen LogP contribution in [0.25, 0.3) is 0 Å². The molecule has 1 aromatic rings. The van der Waals surface area contributed by atoms with Gasteiger partial charge in [-0.25, -0.2) is 0 Å². The maximum Gasteiger partial charge on any atom is 0.231 e. The van der Waals surface area contributed by atoms with E-state index >= 15 is 0 Å². The van der Waals surface area contributed by atoms with E-state index in [1.54, 1.807) is 7.11 Å². The highest BCUT2D eigenvalue weighted by Gasteiger charge is 2.07. The molecule has 1 amide bonds. The minimum atomic E-state index is -0.311. The molecule has 1 aromatic carbocycles. The average molecular weight is 301 g/mol. The molecule has 2 N–H and O–H groups in total. The van der Waals surface area contributed by atoms with Gasteiger partial charge in [0.15, 0.2) is 0 Å². The lowest BCUT2D eigenvalue weighted by molar-refractivity contribution is -0.118. The standard InChI is InChI=1S/C12H17BrN2O2/c1-15(8-12(14)16)6-5-9-7-10(13)3-4-11(9)17-2/h3-4,7H,5-6,8H2,1-2H3,(H2,14,16). The van der Waals surface area contributed by atoms with Gasteiger partial charge in [-0.05, 0) is 37.2 Å². The van der Waals surface area contributed by atoms with Gasteiger partial charge in [-0.1, -0.05) is 15.9 Å². The van der Waals surface area contributed by atoms with E-state index in [0.717, 1.165) is 28.8 Å². The third kappa shape index (κ3) is 4.75. The number of ether oxygens (including phenoxy) is 1. The number of amides is 1. The summed E-state index contributed by atoms with van der Waals surface area (Å²) in [5, 5.41) is 0. The van der Waals surface area contributed by atoms with Crippen molar-refractivity contribution in [2.75, 3.05) is 27.2 Å². The first-order chi connectivity index (χ1) is 8.02. The van der Waals surface area contributed by atoms with Crippen LogP contribution in [-0.4, -0.2) is 38.1 Å². The first kappa shape index (κ1) is 14.0. The number of methoxy groups -OCH3 is 1. The Morgan fingerprint density at radius 3 is 2.82 bits per heavy atom. The molecule has 0 atom stereocenters. The Morgan fingerprint density at radius 1 is 1.53 bits per heavy atom. The summed E-state index contributed by atoms with van der Waals surface area (Å²) >= 11 is 3.43. The smallest absolute Gasteiger partial charge is 0.231 e. The van der Waals surface area contributed by atoms with Crippen LogP contribution in [0.1, 0.15) is 5.56 Å². The Bertz CT molecular complexity index is 396. The van der Waals surface area contributed by atoms with Crippen LogP contribution in [0.4, 0.5) is 0 Å². The molecule has 0 spiro atoms. The predicted octanol–water partition coefficient (Wildman–Crippen LogP) is 1.42. The number of nitrogens with two attached hydrogens (primary N) is 1. The van der Waals surface area contributed by atoms with E-state index in [1.807, 2.05) is 30.1 Å². The van der Waals surface area contributed by atoms with E-state index in [-0.39, 0.29) is 12.5 Å². The molecule has 4 nitrogen and oxygen atoms in total. The quantitative estimate of drug-likeness (QED) is 0.864. The van der Waals surface area contributed by atoms with E-state index in [4.69, 9.17) is 10.5 Å². The summed E-state index contributed by atoms with van der Waals surface area (Å²) in [4.78, 5) is 12.6. The fraction of sp³-hybridized carbons (Fsp3) is 0.417. The topological polar surface area (TPSA) is 55.6 Å². The van der Waals surface area contributed by atoms with Crippen molar-refractivity contribution in [1.29, 1.82) is 0 Å². The van der Waals surface area contributed by atoms with Crippen LogP contribution >= 0.6 is 15.9 Å². The molecule has 0 aromatic heterocycles. The van der Waals surface area contributed by atoms with Crippen LogP contribution < -0.4 is 10.5 Å². The number of carbonyl (C=O) groups excluding carboxylic acids is 1. The molecule has 0 aliphatic rings. The van der Waals surface area contributed by atoms with E-state index in [9.17, 15) is 4.79 Å². The number of rotatable bonds is 6. The summed E-state index contributed by atoms with van der Waals surface area (Å²) in [6, 6.07) is 5.89. The van der Waals surface area contributed by atoms with Crippen molar-refractivity contribution < 1.29 is 9.53 Å². The maximum atomic E-state index is 10.7. The molecule has 17 heavy (non-hydrogen) atoms. The summed E-state index contributed by atoms with van der Waals surface area (Å²) in [5.74, 6) is 0.550. The van der Waals surface area contributed by atoms with Crippen molar-refractivity contribution in [3.8, 4) is 5.75 Å². The zero-order chi connectivity index (χ0) is 12.8. The molecule has 0 saturated heterocycles. The fourth-order valence-electron chi connectivity index (χ4n) is 1.60. The molecule has 0 fully saturated rings. The van der Waals surface area contributed by atoms with Crippen molar-refractivity contribution in [2.24, 2.45) is 5.73 Å². The van der Waals surface area contributed by atoms with Crippen LogP contribution in [0.5, 0.6) is 5.75 Å². The average Bonchev–Trinajstić information content (AvgIpc) is 2.25. The van der Waals surface area contributed by atoms with Gasteiger partial charge in [0.1, 0.15) is 5.75 Å². The second kappa shape index (κ2) is 6.61. The molecule has 1 rings (SSSR count). The normalized spacial score (nSPS) is 10.6. The van der Waals surface area contributed by atoms with E-state index in [1.165, 1.54) is 0 Å². The van der Waals surface area contributed by atoms with Crippen LogP contribution in [0.2, 0.25) is 0 Å². The van der Waals surface area contributed by atoms with Crippen molar-refractivity contribution in [2.45, 2.75) is 6.42 Å². The van der Waals surface area contributed by atoms with Crippen LogP contribution in [0, 0.1) is 0 Å². The molecule has 0 saturated carbocycles. The van der Waals surface area contributed by atoms with Gasteiger partial charge < -0.3 is 10.5 Å². The molecule has 0 heterocycles. The van der Waals surface area contributed by atoms with Gasteiger partial charge in [0.2, 0.25) is 5.91 Å². The van der Waals surface area contributed by atoms with Gasteiger partial charge >= 0.3 is 0 Å². The number of halogens is 1. The molecule has 0 bridgehead atoms. The van der Waals surface area contributed by atoms with E-state index in [2.05, 4.69) is 15.9 Å². The van der Waals surface area contributed by atoms with Crippen LogP contribution in [0.15, 0.2) is 22.7 Å². The zero-order valence-corrected chi connectivity index (χ0v) is 11.7. The number of likely N-dealkylation sites (N-methyl/N-ethyl adjacent to an activating group) is 1. The molecule has 5 heteroatoms. The molecule has 0 radical (unpaired) electrons. The predicted molar refractivity (Wildman–Crippen MR) is 71.1 cm³/mol. The van der Waals surface area contributed by atoms with Gasteiger partial charge in [0.25, 0.3) is 0 Å². The Kier molecular flexibility index (Phi) is 5.44. The van der Waals surface area contributed by atoms with E-state index in [0.29, 0.717) is 0 Å². The Labute approximate surface area is 110 Å². The van der Waals surface area contributed by atoms with Gasteiger partial charge in [-0.3, -0.25) is 9.69 Å². The first-order valence-electron chi connectivity index (χ1n) is 5.32. The summed E-state index contributed by atoms with van der Waals surface area (Å²) in [7, 11) is 3.52. The number of primary amides is 1. The summed E-state index contributed by atoms with van der Waals surface area (Å²) in [6.45, 7) is 1.03. The minimum Gasteiger partial charge on any atom is -0.496 e. The number of hydrogen-bond donors (Lipinski definition) is 1. The van der Waals surface area contributed by atoms with Gasteiger partial charge in [-0.2, -0.15) is 0 Å². The molecular weight excluding hydrogens is 284 g/mol. The van der Waals surface area contributed by atoms with Crippen molar-refractivity contribution >= 4 is 21.8 Å². The minimum absolute atomic E-state index is 0.274. The molecule has 0 aliphatic carbocycles. The van der Waals surface area contributed by atoms with Crippen LogP contribution in [0.3, 0.4) is 0 Å². The Hall–Kier alpha value is -1.07. The number of nitrogens with zero attached hydrogens (tertiary/aromatic N) is 1.